The summed E-state index contributed by atoms with van der Waals surface area (Å²) in [7, 11) is 0. The topological polar surface area (TPSA) is 166 Å². The van der Waals surface area contributed by atoms with Crippen LogP contribution in [-0.4, -0.2) is 73.7 Å². The maximum absolute atomic E-state index is 12.6. The number of carbonyl (C=O) groups excluding carboxylic acids is 1. The average molecular weight is 432 g/mol. The van der Waals surface area contributed by atoms with Crippen LogP contribution in [-0.2, 0) is 4.74 Å². The molecule has 0 radical (unpaired) electrons. The molecule has 5 atom stereocenters. The fraction of sp³-hybridized carbons (Fsp3) is 0.286. The second-order valence-electron chi connectivity index (χ2n) is 7.14. The smallest absolute Gasteiger partial charge is 0.232 e. The Kier molecular flexibility index (Phi) is 5.56. The van der Waals surface area contributed by atoms with Crippen molar-refractivity contribution in [2.45, 2.75) is 30.7 Å². The highest BCUT2D eigenvalue weighted by atomic mass is 16.7. The molecule has 0 aromatic heterocycles. The Morgan fingerprint density at radius 3 is 2.35 bits per heavy atom. The van der Waals surface area contributed by atoms with Gasteiger partial charge in [-0.25, -0.2) is 0 Å². The molecule has 164 valence electrons. The molecule has 6 N–H and O–H groups in total. The Morgan fingerprint density at radius 1 is 0.968 bits per heavy atom. The molecule has 0 bridgehead atoms. The lowest BCUT2D eigenvalue weighted by molar-refractivity contribution is -0.277. The molecule has 4 rings (SSSR count). The number of phenols is 2. The predicted octanol–water partition coefficient (Wildman–Crippen LogP) is -0.107. The second kappa shape index (κ2) is 8.17. The monoisotopic (exact) mass is 432 g/mol. The van der Waals surface area contributed by atoms with Crippen molar-refractivity contribution in [2.75, 3.05) is 6.61 Å². The first-order valence-corrected chi connectivity index (χ1v) is 9.36. The van der Waals surface area contributed by atoms with Crippen LogP contribution in [0, 0.1) is 0 Å². The van der Waals surface area contributed by atoms with Gasteiger partial charge in [-0.1, -0.05) is 12.1 Å². The molecule has 0 amide bonds. The number of aliphatic hydroxyl groups is 4. The Bertz CT molecular complexity index is 1010. The highest BCUT2D eigenvalue weighted by molar-refractivity contribution is 6.15. The molecule has 0 spiro atoms. The van der Waals surface area contributed by atoms with Crippen molar-refractivity contribution in [2.24, 2.45) is 0 Å². The van der Waals surface area contributed by atoms with Crippen molar-refractivity contribution in [1.82, 2.24) is 0 Å². The minimum Gasteiger partial charge on any atom is -0.508 e. The van der Waals surface area contributed by atoms with Gasteiger partial charge < -0.3 is 44.8 Å². The molecule has 0 unspecified atom stereocenters. The zero-order chi connectivity index (χ0) is 22.3. The first kappa shape index (κ1) is 21.1. The highest BCUT2D eigenvalue weighted by Gasteiger charge is 2.45. The summed E-state index contributed by atoms with van der Waals surface area (Å²) in [6, 6.07) is 8.67. The van der Waals surface area contributed by atoms with Gasteiger partial charge in [0.25, 0.3) is 0 Å². The van der Waals surface area contributed by atoms with Gasteiger partial charge in [-0.2, -0.15) is 0 Å². The number of hydrogen-bond donors (Lipinski definition) is 6. The van der Waals surface area contributed by atoms with Crippen molar-refractivity contribution < 1.29 is 49.6 Å². The molecule has 10 nitrogen and oxygen atoms in total. The maximum atomic E-state index is 12.6. The molecular formula is C21H20O10. The number of rotatable bonds is 4. The van der Waals surface area contributed by atoms with Gasteiger partial charge in [-0.15, -0.1) is 0 Å². The van der Waals surface area contributed by atoms with Crippen LogP contribution in [0.1, 0.15) is 15.9 Å². The minimum atomic E-state index is -1.67. The lowest BCUT2D eigenvalue weighted by Crippen LogP contribution is -2.60. The third-order valence-corrected chi connectivity index (χ3v) is 5.06. The molecule has 0 saturated carbocycles. The first-order chi connectivity index (χ1) is 14.8. The van der Waals surface area contributed by atoms with Crippen LogP contribution in [0.3, 0.4) is 0 Å². The minimum absolute atomic E-state index is 0.0546. The predicted molar refractivity (Wildman–Crippen MR) is 104 cm³/mol. The van der Waals surface area contributed by atoms with E-state index in [9.17, 15) is 35.4 Å². The van der Waals surface area contributed by atoms with E-state index in [-0.39, 0.29) is 28.6 Å². The van der Waals surface area contributed by atoms with E-state index in [4.69, 9.17) is 14.2 Å². The van der Waals surface area contributed by atoms with Gasteiger partial charge in [0.2, 0.25) is 17.8 Å². The molecule has 2 aromatic carbocycles. The summed E-state index contributed by atoms with van der Waals surface area (Å²) in [5.41, 5.74) is 0.676. The molecule has 2 aliphatic heterocycles. The van der Waals surface area contributed by atoms with Crippen LogP contribution in [0.15, 0.2) is 42.2 Å². The summed E-state index contributed by atoms with van der Waals surface area (Å²) in [4.78, 5) is 12.6. The number of hydrogen-bond acceptors (Lipinski definition) is 10. The van der Waals surface area contributed by atoms with Gasteiger partial charge in [-0.05, 0) is 35.9 Å². The van der Waals surface area contributed by atoms with E-state index >= 15 is 0 Å². The number of ether oxygens (including phenoxy) is 3. The van der Waals surface area contributed by atoms with E-state index in [0.29, 0.717) is 5.56 Å². The molecule has 2 aromatic rings. The Labute approximate surface area is 175 Å². The summed E-state index contributed by atoms with van der Waals surface area (Å²) in [6.45, 7) is -0.635. The summed E-state index contributed by atoms with van der Waals surface area (Å²) < 4.78 is 16.2. The van der Waals surface area contributed by atoms with Gasteiger partial charge in [-0.3, -0.25) is 4.79 Å². The fourth-order valence-electron chi connectivity index (χ4n) is 3.33. The van der Waals surface area contributed by atoms with Crippen LogP contribution in [0.4, 0.5) is 0 Å². The van der Waals surface area contributed by atoms with Crippen LogP contribution < -0.4 is 9.47 Å². The van der Waals surface area contributed by atoms with Crippen LogP contribution in [0.25, 0.3) is 6.08 Å². The fourth-order valence-corrected chi connectivity index (χ4v) is 3.33. The Balaban J connectivity index is 1.58. The van der Waals surface area contributed by atoms with Crippen molar-refractivity contribution in [3.63, 3.8) is 0 Å². The largest absolute Gasteiger partial charge is 0.508 e. The van der Waals surface area contributed by atoms with E-state index in [2.05, 4.69) is 0 Å². The molecule has 0 aliphatic carbocycles. The van der Waals surface area contributed by atoms with Crippen LogP contribution in [0.2, 0.25) is 0 Å². The molecule has 2 aliphatic rings. The molecule has 2 heterocycles. The van der Waals surface area contributed by atoms with Crippen molar-refractivity contribution in [1.29, 1.82) is 0 Å². The maximum Gasteiger partial charge on any atom is 0.232 e. The summed E-state index contributed by atoms with van der Waals surface area (Å²) in [5, 5.41) is 59.0. The molecule has 1 saturated heterocycles. The third-order valence-electron chi connectivity index (χ3n) is 5.06. The lowest BCUT2D eigenvalue weighted by Gasteiger charge is -2.39. The molecule has 31 heavy (non-hydrogen) atoms. The van der Waals surface area contributed by atoms with Crippen LogP contribution in [0.5, 0.6) is 23.0 Å². The normalized spacial score (nSPS) is 29.0. The van der Waals surface area contributed by atoms with Crippen LogP contribution >= 0.6 is 0 Å². The standard InChI is InChI=1S/C21H20O10/c22-8-14-16(25)18(27)19(28)21(31-14)30-12-6-5-11-15(24)13(29-20(11)17(12)26)7-9-1-3-10(23)4-2-9/h1-7,14,16,18-19,21-23,25-28H,8H2/t14-,16-,18+,19-,21+/m1/s1. The van der Waals surface area contributed by atoms with Gasteiger partial charge in [0.15, 0.2) is 17.3 Å². The van der Waals surface area contributed by atoms with E-state index in [1.54, 1.807) is 12.1 Å². The van der Waals surface area contributed by atoms with Gasteiger partial charge in [0.05, 0.1) is 12.2 Å². The SMILES string of the molecule is O=C1C(=Cc2ccc(O)cc2)Oc2c1ccc(O[C@H]1O[C@H](CO)[C@@H](O)[C@H](O)[C@H]1O)c2O. The van der Waals surface area contributed by atoms with E-state index in [0.717, 1.165) is 0 Å². The molecule has 10 heteroatoms. The summed E-state index contributed by atoms with van der Waals surface area (Å²) in [6.07, 6.45) is -6.12. The Morgan fingerprint density at radius 2 is 1.68 bits per heavy atom. The number of fused-ring (bicyclic) bond motifs is 1. The molecular weight excluding hydrogens is 412 g/mol. The van der Waals surface area contributed by atoms with Gasteiger partial charge in [0, 0.05) is 0 Å². The highest BCUT2D eigenvalue weighted by Crippen LogP contribution is 2.45. The number of benzene rings is 2. The van der Waals surface area contributed by atoms with Crippen molar-refractivity contribution in [3.8, 4) is 23.0 Å². The number of allylic oxidation sites excluding steroid dienone is 1. The number of aliphatic hydroxyl groups excluding tert-OH is 4. The first-order valence-electron chi connectivity index (χ1n) is 9.36. The number of ketones is 1. The Hall–Kier alpha value is -3.15. The van der Waals surface area contributed by atoms with E-state index in [1.807, 2.05) is 0 Å². The summed E-state index contributed by atoms with van der Waals surface area (Å²) in [5.74, 6) is -1.36. The van der Waals surface area contributed by atoms with Crippen molar-refractivity contribution >= 4 is 11.9 Å². The quantitative estimate of drug-likeness (QED) is 0.359. The lowest BCUT2D eigenvalue weighted by atomic mass is 9.99. The van der Waals surface area contributed by atoms with Gasteiger partial charge in [0.1, 0.15) is 30.2 Å². The van der Waals surface area contributed by atoms with E-state index < -0.39 is 48.8 Å². The number of phenolic OH excluding ortho intramolecular Hbond substituents is 2. The number of carbonyl (C=O) groups is 1. The average Bonchev–Trinajstić information content (AvgIpc) is 3.08. The molecule has 1 fully saturated rings. The number of Topliss-reactive ketones (excluding diaryl/α,β-unsaturated/α-hetero) is 1. The van der Waals surface area contributed by atoms with E-state index in [1.165, 1.54) is 30.3 Å². The second-order valence-corrected chi connectivity index (χ2v) is 7.14. The van der Waals surface area contributed by atoms with Gasteiger partial charge >= 0.3 is 0 Å². The summed E-state index contributed by atoms with van der Waals surface area (Å²) >= 11 is 0. The zero-order valence-corrected chi connectivity index (χ0v) is 16.0. The number of aromatic hydroxyl groups is 2. The third kappa shape index (κ3) is 3.82. The zero-order valence-electron chi connectivity index (χ0n) is 16.0. The van der Waals surface area contributed by atoms with Crippen molar-refractivity contribution in [3.05, 3.63) is 53.3 Å².